The predicted octanol–water partition coefficient (Wildman–Crippen LogP) is 2.07. The van der Waals surface area contributed by atoms with Crippen LogP contribution in [0.4, 0.5) is 16.2 Å². The summed E-state index contributed by atoms with van der Waals surface area (Å²) in [7, 11) is 0. The van der Waals surface area contributed by atoms with Crippen molar-refractivity contribution in [3.05, 3.63) is 173 Å². The highest BCUT2D eigenvalue weighted by Gasteiger charge is 2.41. The average Bonchev–Trinajstić information content (AvgIpc) is 1.57. The van der Waals surface area contributed by atoms with Gasteiger partial charge in [0.2, 0.25) is 76.8 Å². The molecule has 0 spiro atoms. The summed E-state index contributed by atoms with van der Waals surface area (Å²) in [6, 6.07) is 19.9. The van der Waals surface area contributed by atoms with E-state index in [0.717, 1.165) is 10.8 Å². The Morgan fingerprint density at radius 3 is 1.52 bits per heavy atom. The van der Waals surface area contributed by atoms with Gasteiger partial charge < -0.3 is 90.2 Å². The molecule has 2 saturated heterocycles. The van der Waals surface area contributed by atoms with E-state index >= 15 is 9.59 Å². The molecule has 11 atom stereocenters. The quantitative estimate of drug-likeness (QED) is 0.0244. The number of hydrogen-bond donors (Lipinski definition) is 16. The summed E-state index contributed by atoms with van der Waals surface area (Å²) in [5.74, 6) is -10.2. The lowest BCUT2D eigenvalue weighted by Crippen LogP contribution is -2.62. The molecule has 33 heteroatoms. The Hall–Kier alpha value is -11.9. The molecule has 115 heavy (non-hydrogen) atoms. The lowest BCUT2D eigenvalue weighted by molar-refractivity contribution is -0.142. The average molecular weight is 1600 g/mol. The van der Waals surface area contributed by atoms with Crippen LogP contribution in [0.2, 0.25) is 5.02 Å². The number of anilines is 2. The van der Waals surface area contributed by atoms with Gasteiger partial charge in [0.25, 0.3) is 0 Å². The van der Waals surface area contributed by atoms with E-state index in [4.69, 9.17) is 17.3 Å². The number of benzene rings is 5. The highest BCUT2D eigenvalue weighted by atomic mass is 35.5. The zero-order valence-corrected chi connectivity index (χ0v) is 66.2. The number of nitrogens with one attached hydrogen (secondary N) is 14. The van der Waals surface area contributed by atoms with Gasteiger partial charge in [-0.15, -0.1) is 0 Å². The van der Waals surface area contributed by atoms with E-state index in [-0.39, 0.29) is 88.0 Å². The summed E-state index contributed by atoms with van der Waals surface area (Å²) in [6.45, 7) is 11.2. The van der Waals surface area contributed by atoms with Crippen LogP contribution in [-0.4, -0.2) is 197 Å². The Balaban J connectivity index is 1.09. The molecule has 15 amide bonds. The van der Waals surface area contributed by atoms with Gasteiger partial charge in [0.1, 0.15) is 66.5 Å². The van der Waals surface area contributed by atoms with Crippen molar-refractivity contribution in [2.24, 2.45) is 11.7 Å². The predicted molar refractivity (Wildman–Crippen MR) is 430 cm³/mol. The molecule has 17 N–H and O–H groups in total. The molecule has 2 fully saturated rings. The van der Waals surface area contributed by atoms with E-state index in [2.05, 4.69) is 79.4 Å². The van der Waals surface area contributed by atoms with Gasteiger partial charge in [0.15, 0.2) is 0 Å². The van der Waals surface area contributed by atoms with Crippen LogP contribution in [0.25, 0.3) is 10.8 Å². The molecular formula is C82H104ClN17O15. The molecule has 32 nitrogen and oxygen atoms in total. The van der Waals surface area contributed by atoms with Crippen LogP contribution in [0.5, 0.6) is 0 Å². The molecule has 1 aromatic heterocycles. The van der Waals surface area contributed by atoms with Crippen molar-refractivity contribution in [3.63, 3.8) is 0 Å². The number of nitrogens with zero attached hydrogens (tertiary/aromatic N) is 2. The minimum absolute atomic E-state index is 0.000786. The highest BCUT2D eigenvalue weighted by Crippen LogP contribution is 2.23. The van der Waals surface area contributed by atoms with Crippen LogP contribution in [0.3, 0.4) is 0 Å². The van der Waals surface area contributed by atoms with E-state index in [0.29, 0.717) is 64.3 Å². The molecule has 3 heterocycles. The lowest BCUT2D eigenvalue weighted by Gasteiger charge is -2.31. The summed E-state index contributed by atoms with van der Waals surface area (Å²) >= 11 is 6.27. The molecule has 0 bridgehead atoms. The van der Waals surface area contributed by atoms with Gasteiger partial charge in [-0.1, -0.05) is 124 Å². The number of aliphatic hydroxyl groups is 1. The van der Waals surface area contributed by atoms with Crippen molar-refractivity contribution in [2.75, 3.05) is 36.9 Å². The standard InChI is InChI=1S/C82H104ClN17O15/c1-46(2)36-62(72(105)92-61(17-10-11-34-86-47(3)4)81(114)100-35-13-18-70(100)80(113)88-48(5)71(84)104)93-74(107)65(39-52-22-29-59(30-23-52)89-49(6)102)95-76(109)66(40-53-24-31-60(32-25-53)91-78(111)68-44-87-82(115)99-68)97-79(112)69(45-101)98-77(110)67(42-55-14-12-33-85-43-55)96-75(108)64(38-51-20-27-58(83)28-21-51)94-73(106)63(90-50(7)103)41-54-19-26-56-15-8-9-16-57(56)37-54/h8-9,12,14-16,19-33,37,43,46-48,61-70,86,101H,10-11,13,17-18,34-36,38-42,44-45H2,1-7H3,(H2,84,104)(H,88,113)(H,89,102)(H,90,103)(H,91,111)(H,92,105)(H,93,107)(H,94,106)(H,95,109)(H,96,108)(H,97,112)(H,98,110)(H2,87,99,115)/t48-,61+,62+,63-,64-,65-,66+,67-,68+,69+,70+/m1/s1. The first kappa shape index (κ1) is 88.7. The third kappa shape index (κ3) is 28.0. The fourth-order valence-corrected chi connectivity index (χ4v) is 13.4. The normalized spacial score (nSPS) is 16.1. The van der Waals surface area contributed by atoms with Gasteiger partial charge in [-0.2, -0.15) is 0 Å². The number of aliphatic hydroxyl groups excluding tert-OH is 1. The number of unbranched alkanes of at least 4 members (excludes halogenated alkanes) is 1. The van der Waals surface area contributed by atoms with Crippen LogP contribution in [0, 0.1) is 5.92 Å². The van der Waals surface area contributed by atoms with Gasteiger partial charge in [-0.3, -0.25) is 67.3 Å². The number of hydrogen-bond acceptors (Lipinski definition) is 17. The number of rotatable bonds is 41. The number of carbonyl (C=O) groups is 14. The van der Waals surface area contributed by atoms with Crippen molar-refractivity contribution in [1.82, 2.24) is 73.7 Å². The van der Waals surface area contributed by atoms with Gasteiger partial charge in [0.05, 0.1) is 6.61 Å². The summed E-state index contributed by atoms with van der Waals surface area (Å²) in [6.07, 6.45) is 3.70. The van der Waals surface area contributed by atoms with E-state index in [1.807, 2.05) is 56.3 Å². The summed E-state index contributed by atoms with van der Waals surface area (Å²) < 4.78 is 0. The summed E-state index contributed by atoms with van der Waals surface area (Å²) in [4.78, 5) is 201. The number of pyridine rings is 1. The molecular weight excluding hydrogens is 1500 g/mol. The van der Waals surface area contributed by atoms with E-state index in [1.54, 1.807) is 74.5 Å². The molecule has 0 saturated carbocycles. The second-order valence-corrected chi connectivity index (χ2v) is 30.0. The third-order valence-corrected chi connectivity index (χ3v) is 19.6. The first-order valence-electron chi connectivity index (χ1n) is 38.4. The zero-order chi connectivity index (χ0) is 83.4. The van der Waals surface area contributed by atoms with Crippen molar-refractivity contribution in [3.8, 4) is 0 Å². The monoisotopic (exact) mass is 1600 g/mol. The number of halogens is 1. The molecule has 614 valence electrons. The third-order valence-electron chi connectivity index (χ3n) is 19.3. The molecule has 0 aliphatic carbocycles. The molecule has 0 radical (unpaired) electrons. The fraction of sp³-hybridized carbons (Fsp3) is 0.427. The maximum absolute atomic E-state index is 15.4. The molecule has 8 rings (SSSR count). The Kier molecular flexibility index (Phi) is 33.4. The van der Waals surface area contributed by atoms with E-state index < -0.39 is 150 Å². The maximum Gasteiger partial charge on any atom is 0.315 e. The second kappa shape index (κ2) is 43.4. The number of likely N-dealkylation sites (tertiary alicyclic amines) is 1. The number of amides is 15. The molecule has 2 aliphatic heterocycles. The van der Waals surface area contributed by atoms with Crippen molar-refractivity contribution in [1.29, 1.82) is 0 Å². The molecule has 2 aliphatic rings. The number of carbonyl (C=O) groups excluding carboxylic acids is 14. The maximum atomic E-state index is 15.4. The van der Waals surface area contributed by atoms with Crippen LogP contribution in [-0.2, 0) is 94.4 Å². The summed E-state index contributed by atoms with van der Waals surface area (Å²) in [5.41, 5.74) is 8.56. The number of nitrogens with two attached hydrogens (primary N) is 1. The number of aromatic nitrogens is 1. The highest BCUT2D eigenvalue weighted by molar-refractivity contribution is 6.30. The minimum Gasteiger partial charge on any atom is -0.394 e. The van der Waals surface area contributed by atoms with Crippen molar-refractivity contribution in [2.45, 2.75) is 192 Å². The molecule has 5 aromatic carbocycles. The summed E-state index contributed by atoms with van der Waals surface area (Å²) in [5, 5.41) is 51.5. The van der Waals surface area contributed by atoms with Crippen LogP contribution in [0.15, 0.2) is 140 Å². The first-order chi connectivity index (χ1) is 54.9. The smallest absolute Gasteiger partial charge is 0.315 e. The molecule has 0 unspecified atom stereocenters. The lowest BCUT2D eigenvalue weighted by atomic mass is 9.99. The first-order valence-corrected chi connectivity index (χ1v) is 38.8. The van der Waals surface area contributed by atoms with E-state index in [1.165, 1.54) is 62.3 Å². The van der Waals surface area contributed by atoms with Crippen molar-refractivity contribution < 1.29 is 72.2 Å². The Bertz CT molecular complexity index is 4420. The van der Waals surface area contributed by atoms with Crippen molar-refractivity contribution >= 4 is 117 Å². The largest absolute Gasteiger partial charge is 0.394 e. The Morgan fingerprint density at radius 1 is 0.530 bits per heavy atom. The molecule has 6 aromatic rings. The van der Waals surface area contributed by atoms with Crippen LogP contribution < -0.4 is 80.2 Å². The second-order valence-electron chi connectivity index (χ2n) is 29.6. The topological polar surface area (TPSA) is 470 Å². The van der Waals surface area contributed by atoms with Crippen LogP contribution in [0.1, 0.15) is 115 Å². The Labute approximate surface area is 672 Å². The van der Waals surface area contributed by atoms with Gasteiger partial charge in [-0.05, 0) is 139 Å². The zero-order valence-electron chi connectivity index (χ0n) is 65.4. The van der Waals surface area contributed by atoms with Gasteiger partial charge in [0, 0.05) is 93.9 Å². The SMILES string of the molecule is CC(=O)Nc1ccc(C[C@@H](NC(=O)[C@H](Cc2ccc(NC(=O)[C@@H]3CNC(=O)N3)cc2)NC(=O)[C@H](CO)NC(=O)[C@@H](Cc2cccnc2)NC(=O)[C@@H](Cc2ccc(Cl)cc2)NC(=O)[C@@H](Cc2ccc3ccccc3c2)NC(C)=O)C(=O)N[C@@H](CC(C)C)C(=O)N[C@@H](CCCCNC(C)C)C(=O)N2CCC[C@H]2C(=O)N[C@H](C)C(N)=O)cc1. The van der Waals surface area contributed by atoms with Gasteiger partial charge in [-0.25, -0.2) is 4.79 Å². The Morgan fingerprint density at radius 2 is 1.02 bits per heavy atom. The number of urea groups is 1. The number of fused-ring (bicyclic) bond motifs is 1. The van der Waals surface area contributed by atoms with Crippen LogP contribution >= 0.6 is 11.6 Å². The number of primary amides is 1. The minimum atomic E-state index is -1.89. The fourth-order valence-electron chi connectivity index (χ4n) is 13.3. The van der Waals surface area contributed by atoms with Gasteiger partial charge >= 0.3 is 6.03 Å². The van der Waals surface area contributed by atoms with E-state index in [9.17, 15) is 62.6 Å².